The first-order valence-electron chi connectivity index (χ1n) is 10.8. The van der Waals surface area contributed by atoms with E-state index in [1.54, 1.807) is 24.4 Å². The molecule has 0 bridgehead atoms. The van der Waals surface area contributed by atoms with E-state index in [2.05, 4.69) is 25.0 Å². The maximum absolute atomic E-state index is 12.5. The maximum atomic E-state index is 12.5. The summed E-state index contributed by atoms with van der Waals surface area (Å²) in [5, 5.41) is 11.9. The predicted octanol–water partition coefficient (Wildman–Crippen LogP) is 1.90. The Labute approximate surface area is 201 Å². The van der Waals surface area contributed by atoms with Crippen LogP contribution in [0, 0.1) is 0 Å². The van der Waals surface area contributed by atoms with Gasteiger partial charge < -0.3 is 15.4 Å². The van der Waals surface area contributed by atoms with Crippen LogP contribution >= 0.6 is 0 Å². The first-order chi connectivity index (χ1) is 16.8. The van der Waals surface area contributed by atoms with Gasteiger partial charge in [0.15, 0.2) is 5.65 Å². The van der Waals surface area contributed by atoms with E-state index in [4.69, 9.17) is 0 Å². The van der Waals surface area contributed by atoms with Gasteiger partial charge in [0.2, 0.25) is 10.0 Å². The van der Waals surface area contributed by atoms with Gasteiger partial charge in [-0.3, -0.25) is 9.59 Å². The highest BCUT2D eigenvalue weighted by Crippen LogP contribution is 2.12. The molecule has 1 amide bonds. The second kappa shape index (κ2) is 10.5. The van der Waals surface area contributed by atoms with Crippen LogP contribution in [0.5, 0.6) is 0 Å². The van der Waals surface area contributed by atoms with Crippen LogP contribution in [-0.2, 0) is 27.7 Å². The van der Waals surface area contributed by atoms with E-state index in [1.165, 1.54) is 24.3 Å². The number of pyridine rings is 1. The fourth-order valence-electron chi connectivity index (χ4n) is 3.43. The van der Waals surface area contributed by atoms with Crippen LogP contribution in [0.3, 0.4) is 0 Å². The van der Waals surface area contributed by atoms with Crippen LogP contribution in [0.2, 0.25) is 0 Å². The standard InChI is InChI=1S/C24H23N5O5S/c30-23(26-15-20(24(31)32)29-35(33,34)18-5-2-1-3-6-18)17-11-8-16(9-12-17)10-13-21-27-19-7-4-14-25-22(19)28-21/h1-9,11-12,14,20,29H,10,13,15H2,(H,26,30)(H,31,32)(H,25,27,28). The van der Waals surface area contributed by atoms with Gasteiger partial charge in [-0.15, -0.1) is 0 Å². The number of imidazole rings is 1. The number of rotatable bonds is 10. The summed E-state index contributed by atoms with van der Waals surface area (Å²) >= 11 is 0. The third-order valence-corrected chi connectivity index (χ3v) is 6.78. The van der Waals surface area contributed by atoms with Crippen molar-refractivity contribution >= 4 is 33.1 Å². The molecule has 35 heavy (non-hydrogen) atoms. The minimum Gasteiger partial charge on any atom is -0.480 e. The molecular weight excluding hydrogens is 470 g/mol. The minimum absolute atomic E-state index is 0.0629. The number of fused-ring (bicyclic) bond motifs is 1. The number of nitrogens with one attached hydrogen (secondary N) is 3. The van der Waals surface area contributed by atoms with E-state index in [-0.39, 0.29) is 4.90 Å². The number of aliphatic carboxylic acids is 1. The SMILES string of the molecule is O=C(NCC(NS(=O)(=O)c1ccccc1)C(=O)O)c1ccc(CCc2nc3ncccc3[nH]2)cc1. The number of amides is 1. The highest BCUT2D eigenvalue weighted by molar-refractivity contribution is 7.89. The Balaban J connectivity index is 1.32. The van der Waals surface area contributed by atoms with Gasteiger partial charge in [-0.25, -0.2) is 18.4 Å². The zero-order valence-electron chi connectivity index (χ0n) is 18.5. The highest BCUT2D eigenvalue weighted by atomic mass is 32.2. The molecule has 2 aromatic heterocycles. The van der Waals surface area contributed by atoms with Crippen LogP contribution in [0.1, 0.15) is 21.7 Å². The number of aryl methyl sites for hydroxylation is 2. The molecule has 4 N–H and O–H groups in total. The summed E-state index contributed by atoms with van der Waals surface area (Å²) in [5.74, 6) is -1.09. The molecule has 4 rings (SSSR count). The average Bonchev–Trinajstić information content (AvgIpc) is 3.29. The van der Waals surface area contributed by atoms with E-state index in [0.717, 1.165) is 16.9 Å². The Bertz CT molecular complexity index is 1400. The van der Waals surface area contributed by atoms with Crippen molar-refractivity contribution in [3.05, 3.63) is 89.9 Å². The lowest BCUT2D eigenvalue weighted by molar-refractivity contribution is -0.138. The molecule has 0 radical (unpaired) electrons. The number of carbonyl (C=O) groups excluding carboxylic acids is 1. The number of aromatic amines is 1. The predicted molar refractivity (Wildman–Crippen MR) is 128 cm³/mol. The molecule has 180 valence electrons. The lowest BCUT2D eigenvalue weighted by atomic mass is 10.1. The molecule has 0 saturated heterocycles. The number of hydrogen-bond acceptors (Lipinski definition) is 6. The van der Waals surface area contributed by atoms with Crippen LogP contribution in [0.15, 0.2) is 77.8 Å². The van der Waals surface area contributed by atoms with Crippen molar-refractivity contribution in [2.24, 2.45) is 0 Å². The normalized spacial score (nSPS) is 12.3. The summed E-state index contributed by atoms with van der Waals surface area (Å²) in [4.78, 5) is 35.9. The van der Waals surface area contributed by atoms with Crippen molar-refractivity contribution in [2.75, 3.05) is 6.54 Å². The highest BCUT2D eigenvalue weighted by Gasteiger charge is 2.26. The summed E-state index contributed by atoms with van der Waals surface area (Å²) in [6.07, 6.45) is 3.06. The smallest absolute Gasteiger partial charge is 0.323 e. The molecule has 1 atom stereocenters. The molecule has 0 saturated carbocycles. The lowest BCUT2D eigenvalue weighted by Gasteiger charge is -2.15. The number of carboxylic acids is 1. The van der Waals surface area contributed by atoms with E-state index < -0.39 is 34.5 Å². The van der Waals surface area contributed by atoms with Gasteiger partial charge in [-0.1, -0.05) is 30.3 Å². The van der Waals surface area contributed by atoms with Gasteiger partial charge in [0.1, 0.15) is 11.9 Å². The number of aromatic nitrogens is 3. The molecule has 2 heterocycles. The van der Waals surface area contributed by atoms with Crippen molar-refractivity contribution in [1.82, 2.24) is 25.0 Å². The molecule has 1 unspecified atom stereocenters. The number of benzene rings is 2. The number of hydrogen-bond donors (Lipinski definition) is 4. The number of sulfonamides is 1. The van der Waals surface area contributed by atoms with Gasteiger partial charge in [-0.05, 0) is 48.4 Å². The van der Waals surface area contributed by atoms with E-state index >= 15 is 0 Å². The van der Waals surface area contributed by atoms with Crippen LogP contribution in [0.4, 0.5) is 0 Å². The molecule has 0 aliphatic carbocycles. The van der Waals surface area contributed by atoms with Gasteiger partial charge >= 0.3 is 5.97 Å². The Kier molecular flexibility index (Phi) is 7.18. The van der Waals surface area contributed by atoms with Crippen LogP contribution < -0.4 is 10.0 Å². The van der Waals surface area contributed by atoms with E-state index in [0.29, 0.717) is 24.1 Å². The molecule has 0 aliphatic rings. The molecule has 0 fully saturated rings. The molecular formula is C24H23N5O5S. The zero-order chi connectivity index (χ0) is 24.8. The summed E-state index contributed by atoms with van der Waals surface area (Å²) < 4.78 is 26.9. The molecule has 0 aliphatic heterocycles. The molecule has 0 spiro atoms. The number of carboxylic acid groups (broad SMARTS) is 1. The molecule has 4 aromatic rings. The quantitative estimate of drug-likeness (QED) is 0.263. The van der Waals surface area contributed by atoms with Crippen molar-refractivity contribution in [2.45, 2.75) is 23.8 Å². The largest absolute Gasteiger partial charge is 0.480 e. The van der Waals surface area contributed by atoms with Crippen molar-refractivity contribution < 1.29 is 23.1 Å². The van der Waals surface area contributed by atoms with E-state index in [1.807, 2.05) is 24.3 Å². The maximum Gasteiger partial charge on any atom is 0.323 e. The Hall–Kier alpha value is -4.09. The van der Waals surface area contributed by atoms with Crippen LogP contribution in [-0.4, -0.2) is 52.9 Å². The van der Waals surface area contributed by atoms with E-state index in [9.17, 15) is 23.1 Å². The minimum atomic E-state index is -4.05. The fraction of sp³-hybridized carbons (Fsp3) is 0.167. The summed E-state index contributed by atoms with van der Waals surface area (Å²) in [5.41, 5.74) is 2.87. The van der Waals surface area contributed by atoms with Crippen molar-refractivity contribution in [3.63, 3.8) is 0 Å². The van der Waals surface area contributed by atoms with Crippen LogP contribution in [0.25, 0.3) is 11.2 Å². The Morgan fingerprint density at radius 1 is 0.971 bits per heavy atom. The number of H-pyrrole nitrogens is 1. The summed E-state index contributed by atoms with van der Waals surface area (Å²) in [6, 6.07) is 16.5. The third-order valence-electron chi connectivity index (χ3n) is 5.29. The second-order valence-corrected chi connectivity index (χ2v) is 9.50. The first-order valence-corrected chi connectivity index (χ1v) is 12.3. The Morgan fingerprint density at radius 2 is 1.71 bits per heavy atom. The Morgan fingerprint density at radius 3 is 2.40 bits per heavy atom. The van der Waals surface area contributed by atoms with Gasteiger partial charge in [0.25, 0.3) is 5.91 Å². The van der Waals surface area contributed by atoms with Crippen molar-refractivity contribution in [1.29, 1.82) is 0 Å². The third kappa shape index (κ3) is 6.08. The zero-order valence-corrected chi connectivity index (χ0v) is 19.3. The topological polar surface area (TPSA) is 154 Å². The second-order valence-electron chi connectivity index (χ2n) is 7.79. The number of nitrogens with zero attached hydrogens (tertiary/aromatic N) is 2. The monoisotopic (exact) mass is 493 g/mol. The molecule has 10 nitrogen and oxygen atoms in total. The van der Waals surface area contributed by atoms with Crippen molar-refractivity contribution in [3.8, 4) is 0 Å². The van der Waals surface area contributed by atoms with Gasteiger partial charge in [-0.2, -0.15) is 4.72 Å². The first kappa shape index (κ1) is 24.0. The fourth-order valence-corrected chi connectivity index (χ4v) is 4.64. The summed E-state index contributed by atoms with van der Waals surface area (Å²) in [6.45, 7) is -0.415. The molecule has 11 heteroatoms. The lowest BCUT2D eigenvalue weighted by Crippen LogP contribution is -2.48. The van der Waals surface area contributed by atoms with Gasteiger partial charge in [0.05, 0.1) is 10.4 Å². The molecule has 2 aromatic carbocycles. The number of carbonyl (C=O) groups is 2. The summed E-state index contributed by atoms with van der Waals surface area (Å²) in [7, 11) is -4.05. The van der Waals surface area contributed by atoms with Gasteiger partial charge in [0, 0.05) is 24.7 Å². The average molecular weight is 494 g/mol.